The lowest BCUT2D eigenvalue weighted by Gasteiger charge is -2.30. The second-order valence-electron chi connectivity index (χ2n) is 9.10. The summed E-state index contributed by atoms with van der Waals surface area (Å²) in [6, 6.07) is 7.61. The second kappa shape index (κ2) is 21.1. The molecule has 1 amide bonds. The summed E-state index contributed by atoms with van der Waals surface area (Å²) in [6.45, 7) is 2.61. The molecule has 0 saturated carbocycles. The van der Waals surface area contributed by atoms with Crippen molar-refractivity contribution in [2.75, 3.05) is 32.9 Å². The lowest BCUT2D eigenvalue weighted by molar-refractivity contribution is -0.757. The molecule has 228 valence electrons. The minimum atomic E-state index is -0.902. The molecule has 1 fully saturated rings. The number of hydrogen-bond acceptors (Lipinski definition) is 10. The number of carbonyl (C=O) groups is 3. The smallest absolute Gasteiger partial charge is 0.328 e. The van der Waals surface area contributed by atoms with Gasteiger partial charge in [-0.25, -0.2) is 4.79 Å². The van der Waals surface area contributed by atoms with Crippen molar-refractivity contribution in [1.82, 2.24) is 10.2 Å². The minimum absolute atomic E-state index is 0. The van der Waals surface area contributed by atoms with Gasteiger partial charge in [0.1, 0.15) is 12.1 Å². The van der Waals surface area contributed by atoms with Gasteiger partial charge in [0.2, 0.25) is 5.91 Å². The van der Waals surface area contributed by atoms with Crippen LogP contribution in [-0.4, -0.2) is 78.9 Å². The highest BCUT2D eigenvalue weighted by Gasteiger charge is 2.39. The molecule has 0 aliphatic carbocycles. The first-order valence-corrected chi connectivity index (χ1v) is 13.3. The number of amides is 1. The average Bonchev–Trinajstić information content (AvgIpc) is 3.40. The Bertz CT molecular complexity index is 897. The summed E-state index contributed by atoms with van der Waals surface area (Å²) >= 11 is 0. The highest BCUT2D eigenvalue weighted by molar-refractivity contribution is 5.89. The van der Waals surface area contributed by atoms with Gasteiger partial charge >= 0.3 is 11.9 Å². The third kappa shape index (κ3) is 13.1. The van der Waals surface area contributed by atoms with E-state index in [2.05, 4.69) is 10.2 Å². The molecule has 0 bridgehead atoms. The predicted molar refractivity (Wildman–Crippen MR) is 153 cm³/mol. The van der Waals surface area contributed by atoms with Crippen LogP contribution in [0.1, 0.15) is 57.4 Å². The monoisotopic (exact) mass is 608 g/mol. The predicted octanol–water partition coefficient (Wildman–Crippen LogP) is 2.61. The first kappa shape index (κ1) is 37.3. The summed E-state index contributed by atoms with van der Waals surface area (Å²) in [5, 5.41) is 12.6. The molecule has 1 aliphatic heterocycles. The van der Waals surface area contributed by atoms with E-state index in [0.717, 1.165) is 12.0 Å². The summed E-state index contributed by atoms with van der Waals surface area (Å²) in [5.74, 6) is -1.25. The van der Waals surface area contributed by atoms with E-state index >= 15 is 0 Å². The molecule has 1 aromatic rings. The van der Waals surface area contributed by atoms with Gasteiger partial charge in [-0.15, -0.1) is 34.9 Å². The van der Waals surface area contributed by atoms with Crippen LogP contribution in [0.25, 0.3) is 0 Å². The van der Waals surface area contributed by atoms with Gasteiger partial charge in [-0.05, 0) is 57.6 Å². The molecule has 2 rings (SSSR count). The number of ether oxygens (including phenoxy) is 2. The summed E-state index contributed by atoms with van der Waals surface area (Å²) in [6.07, 6.45) is 4.18. The number of aryl methyl sites for hydroxylation is 1. The van der Waals surface area contributed by atoms with Crippen LogP contribution in [-0.2, 0) is 35.1 Å². The molecule has 12 nitrogen and oxygen atoms in total. The first-order chi connectivity index (χ1) is 18.4. The van der Waals surface area contributed by atoms with Crippen molar-refractivity contribution in [1.29, 1.82) is 0 Å². The number of nitrogens with zero attached hydrogens (tertiary/aromatic N) is 2. The van der Waals surface area contributed by atoms with E-state index in [1.807, 2.05) is 30.3 Å². The molecule has 3 N–H and O–H groups in total. The van der Waals surface area contributed by atoms with Crippen LogP contribution in [0.4, 0.5) is 0 Å². The van der Waals surface area contributed by atoms with Gasteiger partial charge in [0, 0.05) is 13.0 Å². The van der Waals surface area contributed by atoms with Gasteiger partial charge in [0.25, 0.3) is 5.09 Å². The lowest BCUT2D eigenvalue weighted by Crippen LogP contribution is -2.54. The molecular formula is C26H42Cl2N4O8. The number of likely N-dealkylation sites (tertiary alicyclic amines) is 1. The van der Waals surface area contributed by atoms with Gasteiger partial charge < -0.3 is 24.9 Å². The van der Waals surface area contributed by atoms with Crippen LogP contribution in [0, 0.1) is 10.1 Å². The maximum Gasteiger partial charge on any atom is 0.328 e. The molecule has 2 unspecified atom stereocenters. The molecule has 40 heavy (non-hydrogen) atoms. The Morgan fingerprint density at radius 2 is 1.80 bits per heavy atom. The van der Waals surface area contributed by atoms with Crippen molar-refractivity contribution < 1.29 is 33.8 Å². The quantitative estimate of drug-likeness (QED) is 0.109. The number of benzene rings is 1. The Morgan fingerprint density at radius 1 is 1.07 bits per heavy atom. The Kier molecular flexibility index (Phi) is 19.7. The van der Waals surface area contributed by atoms with Gasteiger partial charge in [0.05, 0.1) is 25.9 Å². The zero-order valence-electron chi connectivity index (χ0n) is 22.9. The average molecular weight is 610 g/mol. The molecule has 0 aromatic heterocycles. The maximum atomic E-state index is 13.7. The standard InChI is InChI=1S/C26H40N4O8.2ClH/c1-2-36-25(32)22(15-14-20-10-4-3-5-11-20)28-21(12-6-7-16-27)24(31)29-17-8-13-23(29)26(33)37-18-9-19-38-30(34)35;;/h3-5,10-11,21-23,28H,2,6-9,12-19,27H2,1H3;2*1H/t21?,22?,23-;;/m0../s1. The van der Waals surface area contributed by atoms with Gasteiger partial charge in [-0.1, -0.05) is 36.8 Å². The van der Waals surface area contributed by atoms with Crippen molar-refractivity contribution in [3.05, 3.63) is 46.0 Å². The van der Waals surface area contributed by atoms with Crippen molar-refractivity contribution in [3.8, 4) is 0 Å². The molecule has 1 aromatic carbocycles. The van der Waals surface area contributed by atoms with Crippen molar-refractivity contribution >= 4 is 42.7 Å². The molecule has 0 spiro atoms. The Morgan fingerprint density at radius 3 is 2.45 bits per heavy atom. The van der Waals surface area contributed by atoms with Gasteiger partial charge in [0.15, 0.2) is 0 Å². The number of carbonyl (C=O) groups excluding carboxylic acids is 3. The van der Waals surface area contributed by atoms with Crippen LogP contribution in [0.3, 0.4) is 0 Å². The number of esters is 2. The number of unbranched alkanes of at least 4 members (excludes halogenated alkanes) is 1. The molecule has 3 atom stereocenters. The topological polar surface area (TPSA) is 163 Å². The van der Waals surface area contributed by atoms with Crippen LogP contribution in [0.2, 0.25) is 0 Å². The summed E-state index contributed by atoms with van der Waals surface area (Å²) in [7, 11) is 0. The Hall–Kier alpha value is -2.67. The largest absolute Gasteiger partial charge is 0.465 e. The van der Waals surface area contributed by atoms with E-state index in [1.54, 1.807) is 6.92 Å². The third-order valence-electron chi connectivity index (χ3n) is 6.32. The number of hydrogen-bond donors (Lipinski definition) is 2. The maximum absolute atomic E-state index is 13.7. The lowest BCUT2D eigenvalue weighted by atomic mass is 10.0. The summed E-state index contributed by atoms with van der Waals surface area (Å²) in [5.41, 5.74) is 6.73. The zero-order chi connectivity index (χ0) is 27.8. The number of halogens is 2. The normalized spacial score (nSPS) is 15.7. The van der Waals surface area contributed by atoms with Crippen molar-refractivity contribution in [2.45, 2.75) is 76.4 Å². The Balaban J connectivity index is 0.00000760. The van der Waals surface area contributed by atoms with Crippen LogP contribution in [0.15, 0.2) is 30.3 Å². The van der Waals surface area contributed by atoms with Crippen LogP contribution in [0.5, 0.6) is 0 Å². The third-order valence-corrected chi connectivity index (χ3v) is 6.32. The fraction of sp³-hybridized carbons (Fsp3) is 0.654. The highest BCUT2D eigenvalue weighted by atomic mass is 35.5. The van der Waals surface area contributed by atoms with E-state index in [4.69, 9.17) is 15.2 Å². The number of rotatable bonds is 18. The van der Waals surface area contributed by atoms with Crippen LogP contribution >= 0.6 is 24.8 Å². The molecule has 14 heteroatoms. The van der Waals surface area contributed by atoms with E-state index in [0.29, 0.717) is 51.6 Å². The highest BCUT2D eigenvalue weighted by Crippen LogP contribution is 2.21. The zero-order valence-corrected chi connectivity index (χ0v) is 24.5. The van der Waals surface area contributed by atoms with Gasteiger partial charge in [-0.2, -0.15) is 0 Å². The number of nitrogens with one attached hydrogen (secondary N) is 1. The fourth-order valence-electron chi connectivity index (χ4n) is 4.42. The Labute approximate surface area is 247 Å². The van der Waals surface area contributed by atoms with E-state index in [9.17, 15) is 24.5 Å². The van der Waals surface area contributed by atoms with E-state index in [1.165, 1.54) is 4.90 Å². The fourth-order valence-corrected chi connectivity index (χ4v) is 4.42. The molecule has 1 aliphatic rings. The number of nitrogens with two attached hydrogens (primary N) is 1. The summed E-state index contributed by atoms with van der Waals surface area (Å²) in [4.78, 5) is 55.2. The summed E-state index contributed by atoms with van der Waals surface area (Å²) < 4.78 is 10.5. The van der Waals surface area contributed by atoms with E-state index < -0.39 is 35.2 Å². The molecule has 1 heterocycles. The van der Waals surface area contributed by atoms with Gasteiger partial charge in [-0.3, -0.25) is 14.9 Å². The van der Waals surface area contributed by atoms with E-state index in [-0.39, 0.29) is 57.0 Å². The SMILES string of the molecule is CCOC(=O)C(CCc1ccccc1)NC(CCCCN)C(=O)N1CCC[C@H]1C(=O)OCCCO[N+](=O)[O-].Cl.Cl. The molecule has 0 radical (unpaired) electrons. The minimum Gasteiger partial charge on any atom is -0.465 e. The molecular weight excluding hydrogens is 567 g/mol. The van der Waals surface area contributed by atoms with Crippen molar-refractivity contribution in [3.63, 3.8) is 0 Å². The van der Waals surface area contributed by atoms with Crippen molar-refractivity contribution in [2.24, 2.45) is 5.73 Å². The molecule has 1 saturated heterocycles. The first-order valence-electron chi connectivity index (χ1n) is 13.3. The second-order valence-corrected chi connectivity index (χ2v) is 9.10. The van der Waals surface area contributed by atoms with Crippen LogP contribution < -0.4 is 11.1 Å².